The van der Waals surface area contributed by atoms with Gasteiger partial charge in [-0.1, -0.05) is 12.1 Å². The molecule has 10 heteroatoms. The fourth-order valence-electron chi connectivity index (χ4n) is 3.52. The summed E-state index contributed by atoms with van der Waals surface area (Å²) in [5, 5.41) is 28.4. The van der Waals surface area contributed by atoms with Crippen molar-refractivity contribution in [1.29, 1.82) is 0 Å². The molecule has 10 nitrogen and oxygen atoms in total. The molecule has 2 aromatic rings. The Hall–Kier alpha value is -3.18. The Morgan fingerprint density at radius 3 is 1.61 bits per heavy atom. The minimum Gasteiger partial charge on any atom is -0.394 e. The highest BCUT2D eigenvalue weighted by molar-refractivity contribution is 5.92. The van der Waals surface area contributed by atoms with Crippen molar-refractivity contribution in [3.63, 3.8) is 0 Å². The first-order valence-electron chi connectivity index (χ1n) is 10.8. The van der Waals surface area contributed by atoms with Gasteiger partial charge in [0.15, 0.2) is 0 Å². The van der Waals surface area contributed by atoms with Gasteiger partial charge in [0.05, 0.1) is 39.6 Å². The van der Waals surface area contributed by atoms with Gasteiger partial charge in [0.2, 0.25) is 0 Å². The highest BCUT2D eigenvalue weighted by Gasteiger charge is 2.19. The minimum atomic E-state index is -0.322. The second-order valence-corrected chi connectivity index (χ2v) is 7.35. The van der Waals surface area contributed by atoms with Gasteiger partial charge in [-0.25, -0.2) is 9.59 Å². The van der Waals surface area contributed by atoms with E-state index in [9.17, 15) is 9.59 Å². The number of hydrogen-bond donors (Lipinski definition) is 6. The van der Waals surface area contributed by atoms with Crippen LogP contribution in [0.1, 0.15) is 11.1 Å². The van der Waals surface area contributed by atoms with E-state index in [1.165, 1.54) is 0 Å². The van der Waals surface area contributed by atoms with Crippen LogP contribution in [0.2, 0.25) is 0 Å². The van der Waals surface area contributed by atoms with Gasteiger partial charge in [-0.05, 0) is 52.9 Å². The Morgan fingerprint density at radius 2 is 1.18 bits per heavy atom. The van der Waals surface area contributed by atoms with Gasteiger partial charge < -0.3 is 41.0 Å². The molecule has 0 unspecified atom stereocenters. The lowest BCUT2D eigenvalue weighted by Crippen LogP contribution is -2.31. The number of rotatable bonds is 12. The number of carbonyl (C=O) groups is 2. The lowest BCUT2D eigenvalue weighted by Gasteiger charge is -2.10. The summed E-state index contributed by atoms with van der Waals surface area (Å²) in [6, 6.07) is 10.9. The van der Waals surface area contributed by atoms with E-state index in [2.05, 4.69) is 21.3 Å². The molecule has 1 aliphatic rings. The van der Waals surface area contributed by atoms with Gasteiger partial charge in [0, 0.05) is 24.5 Å². The highest BCUT2D eigenvalue weighted by atomic mass is 16.5. The quantitative estimate of drug-likeness (QED) is 0.227. The van der Waals surface area contributed by atoms with Crippen molar-refractivity contribution in [2.75, 3.05) is 63.4 Å². The van der Waals surface area contributed by atoms with Gasteiger partial charge >= 0.3 is 12.1 Å². The number of fused-ring (bicyclic) bond motifs is 3. The third kappa shape index (κ3) is 7.43. The SMILES string of the molecule is O=C(NCCOCCO)Nc1ccc2c(c1)Cc1cc(NC(=O)NCCOCCO)ccc1-2. The van der Waals surface area contributed by atoms with Crippen molar-refractivity contribution in [1.82, 2.24) is 10.6 Å². The van der Waals surface area contributed by atoms with Crippen molar-refractivity contribution in [3.8, 4) is 11.1 Å². The van der Waals surface area contributed by atoms with Crippen LogP contribution in [-0.2, 0) is 15.9 Å². The number of ether oxygens (including phenoxy) is 2. The fourth-order valence-corrected chi connectivity index (χ4v) is 3.52. The molecule has 0 heterocycles. The van der Waals surface area contributed by atoms with Crippen LogP contribution >= 0.6 is 0 Å². The van der Waals surface area contributed by atoms with Crippen LogP contribution in [0.3, 0.4) is 0 Å². The van der Waals surface area contributed by atoms with E-state index in [0.29, 0.717) is 44.1 Å². The predicted octanol–water partition coefficient (Wildman–Crippen LogP) is 1.52. The summed E-state index contributed by atoms with van der Waals surface area (Å²) in [5.74, 6) is 0. The average molecular weight is 459 g/mol. The van der Waals surface area contributed by atoms with E-state index in [-0.39, 0.29) is 38.5 Å². The van der Waals surface area contributed by atoms with Crippen molar-refractivity contribution in [2.45, 2.75) is 6.42 Å². The summed E-state index contributed by atoms with van der Waals surface area (Å²) in [7, 11) is 0. The fraction of sp³-hybridized carbons (Fsp3) is 0.391. The van der Waals surface area contributed by atoms with Crippen LogP contribution < -0.4 is 21.3 Å². The number of anilines is 2. The Balaban J connectivity index is 1.51. The van der Waals surface area contributed by atoms with E-state index in [1.54, 1.807) is 0 Å². The maximum Gasteiger partial charge on any atom is 0.319 e. The molecule has 0 atom stereocenters. The molecule has 0 saturated heterocycles. The van der Waals surface area contributed by atoms with E-state index < -0.39 is 0 Å². The average Bonchev–Trinajstić information content (AvgIpc) is 3.15. The minimum absolute atomic E-state index is 0.0456. The van der Waals surface area contributed by atoms with Crippen LogP contribution in [0, 0.1) is 0 Å². The molecule has 0 fully saturated rings. The molecule has 3 rings (SSSR count). The molecule has 33 heavy (non-hydrogen) atoms. The lowest BCUT2D eigenvalue weighted by molar-refractivity contribution is 0.0949. The first kappa shape index (κ1) is 24.5. The zero-order valence-corrected chi connectivity index (χ0v) is 18.4. The predicted molar refractivity (Wildman–Crippen MR) is 125 cm³/mol. The van der Waals surface area contributed by atoms with E-state index in [1.807, 2.05) is 36.4 Å². The Kier molecular flexibility index (Phi) is 9.45. The molecule has 0 bridgehead atoms. The number of benzene rings is 2. The number of aliphatic hydroxyl groups is 2. The van der Waals surface area contributed by atoms with Gasteiger partial charge in [0.25, 0.3) is 0 Å². The number of aliphatic hydroxyl groups excluding tert-OH is 2. The third-order valence-electron chi connectivity index (χ3n) is 4.93. The van der Waals surface area contributed by atoms with Gasteiger partial charge in [0.1, 0.15) is 0 Å². The Bertz CT molecular complexity index is 877. The van der Waals surface area contributed by atoms with Crippen molar-refractivity contribution < 1.29 is 29.3 Å². The summed E-state index contributed by atoms with van der Waals surface area (Å²) in [4.78, 5) is 24.1. The van der Waals surface area contributed by atoms with E-state index >= 15 is 0 Å². The summed E-state index contributed by atoms with van der Waals surface area (Å²) in [6.07, 6.45) is 0.697. The standard InChI is InChI=1S/C23H30N4O6/c28-7-11-32-9-5-24-22(30)26-18-1-3-20-16(14-18)13-17-15-19(2-4-21(17)20)27-23(31)25-6-10-33-12-8-29/h1-4,14-15,28-29H,5-13H2,(H2,24,26,30)(H2,25,27,31). The van der Waals surface area contributed by atoms with Crippen LogP contribution in [0.4, 0.5) is 21.0 Å². The number of carbonyl (C=O) groups excluding carboxylic acids is 2. The second kappa shape index (κ2) is 12.8. The Labute approximate surface area is 192 Å². The van der Waals surface area contributed by atoms with Crippen LogP contribution in [0.25, 0.3) is 11.1 Å². The van der Waals surface area contributed by atoms with Crippen LogP contribution in [-0.4, -0.2) is 75.0 Å². The molecule has 0 saturated carbocycles. The van der Waals surface area contributed by atoms with E-state index in [4.69, 9.17) is 19.7 Å². The normalized spacial score (nSPS) is 11.5. The molecule has 0 spiro atoms. The molecule has 178 valence electrons. The maximum atomic E-state index is 12.0. The number of urea groups is 2. The summed E-state index contributed by atoms with van der Waals surface area (Å²) in [5.41, 5.74) is 5.78. The molecule has 0 radical (unpaired) electrons. The number of amides is 4. The van der Waals surface area contributed by atoms with Crippen LogP contribution in [0.15, 0.2) is 36.4 Å². The van der Waals surface area contributed by atoms with Crippen molar-refractivity contribution in [2.24, 2.45) is 0 Å². The second-order valence-electron chi connectivity index (χ2n) is 7.35. The monoisotopic (exact) mass is 458 g/mol. The van der Waals surface area contributed by atoms with Crippen LogP contribution in [0.5, 0.6) is 0 Å². The molecule has 1 aliphatic carbocycles. The maximum absolute atomic E-state index is 12.0. The molecule has 0 aliphatic heterocycles. The number of hydrogen-bond acceptors (Lipinski definition) is 6. The van der Waals surface area contributed by atoms with Crippen molar-refractivity contribution >= 4 is 23.4 Å². The summed E-state index contributed by atoms with van der Waals surface area (Å²) >= 11 is 0. The highest BCUT2D eigenvalue weighted by Crippen LogP contribution is 2.39. The van der Waals surface area contributed by atoms with Gasteiger partial charge in [-0.2, -0.15) is 0 Å². The molecule has 0 aromatic heterocycles. The van der Waals surface area contributed by atoms with Gasteiger partial charge in [-0.3, -0.25) is 0 Å². The lowest BCUT2D eigenvalue weighted by atomic mass is 10.1. The summed E-state index contributed by atoms with van der Waals surface area (Å²) in [6.45, 7) is 1.77. The third-order valence-corrected chi connectivity index (χ3v) is 4.93. The molecule has 2 aromatic carbocycles. The smallest absolute Gasteiger partial charge is 0.319 e. The van der Waals surface area contributed by atoms with Crippen molar-refractivity contribution in [3.05, 3.63) is 47.5 Å². The zero-order chi connectivity index (χ0) is 23.5. The molecule has 4 amide bonds. The number of nitrogens with one attached hydrogen (secondary N) is 4. The largest absolute Gasteiger partial charge is 0.394 e. The van der Waals surface area contributed by atoms with E-state index in [0.717, 1.165) is 22.3 Å². The topological polar surface area (TPSA) is 141 Å². The Morgan fingerprint density at radius 1 is 0.727 bits per heavy atom. The van der Waals surface area contributed by atoms with Gasteiger partial charge in [-0.15, -0.1) is 0 Å². The molecule has 6 N–H and O–H groups in total. The first-order chi connectivity index (χ1) is 16.1. The zero-order valence-electron chi connectivity index (χ0n) is 18.4. The molecular formula is C23H30N4O6. The molecular weight excluding hydrogens is 428 g/mol. The first-order valence-corrected chi connectivity index (χ1v) is 10.8. The summed E-state index contributed by atoms with van der Waals surface area (Å²) < 4.78 is 10.2.